The number of carbonyl (C=O) groups is 1. The van der Waals surface area contributed by atoms with E-state index in [1.54, 1.807) is 26.0 Å². The van der Waals surface area contributed by atoms with E-state index in [-0.39, 0.29) is 34.3 Å². The summed E-state index contributed by atoms with van der Waals surface area (Å²) < 4.78 is 59.5. The predicted octanol–water partition coefficient (Wildman–Crippen LogP) is 2.81. The topological polar surface area (TPSA) is 113 Å². The standard InChI is InChI=1S/C24H33N3O6S2/c1-5-26(6-2)34(29,30)22-11-7-20(8-12-22)24(28)15-25-21-9-13-23(14-10-21)35(31,32)27-16-18(3)33-19(4)17-27/h7-14,18-19,25H,5-6,15-17H2,1-4H3. The van der Waals surface area contributed by atoms with Gasteiger partial charge in [0.1, 0.15) is 0 Å². The minimum Gasteiger partial charge on any atom is -0.378 e. The molecule has 1 aliphatic rings. The Morgan fingerprint density at radius 1 is 0.914 bits per heavy atom. The van der Waals surface area contributed by atoms with Gasteiger partial charge in [0.15, 0.2) is 5.78 Å². The van der Waals surface area contributed by atoms with E-state index >= 15 is 0 Å². The lowest BCUT2D eigenvalue weighted by molar-refractivity contribution is -0.0440. The number of Topliss-reactive ketones (excluding diaryl/α,β-unsaturated/α-hetero) is 1. The third kappa shape index (κ3) is 6.28. The summed E-state index contributed by atoms with van der Waals surface area (Å²) in [5.74, 6) is -0.218. The van der Waals surface area contributed by atoms with Crippen molar-refractivity contribution in [3.8, 4) is 0 Å². The summed E-state index contributed by atoms with van der Waals surface area (Å²) in [6, 6.07) is 12.1. The van der Waals surface area contributed by atoms with Gasteiger partial charge in [-0.25, -0.2) is 16.8 Å². The highest BCUT2D eigenvalue weighted by molar-refractivity contribution is 7.89. The number of nitrogens with zero attached hydrogens (tertiary/aromatic N) is 2. The Bertz CT molecular complexity index is 1220. The summed E-state index contributed by atoms with van der Waals surface area (Å²) in [4.78, 5) is 12.9. The van der Waals surface area contributed by atoms with Gasteiger partial charge in [-0.05, 0) is 62.4 Å². The second-order valence-electron chi connectivity index (χ2n) is 8.49. The minimum atomic E-state index is -3.64. The van der Waals surface area contributed by atoms with Crippen LogP contribution < -0.4 is 5.32 Å². The van der Waals surface area contributed by atoms with Crippen LogP contribution in [0.3, 0.4) is 0 Å². The molecule has 2 atom stereocenters. The molecule has 1 N–H and O–H groups in total. The number of anilines is 1. The van der Waals surface area contributed by atoms with Crippen molar-refractivity contribution < 1.29 is 26.4 Å². The minimum absolute atomic E-state index is 0.0211. The van der Waals surface area contributed by atoms with Crippen molar-refractivity contribution in [3.63, 3.8) is 0 Å². The monoisotopic (exact) mass is 523 g/mol. The number of ether oxygens (including phenoxy) is 1. The zero-order valence-electron chi connectivity index (χ0n) is 20.5. The fourth-order valence-corrected chi connectivity index (χ4v) is 7.08. The summed E-state index contributed by atoms with van der Waals surface area (Å²) in [5, 5.41) is 2.99. The van der Waals surface area contributed by atoms with Crippen molar-refractivity contribution in [2.45, 2.75) is 49.7 Å². The number of nitrogens with one attached hydrogen (secondary N) is 1. The summed E-state index contributed by atoms with van der Waals surface area (Å²) in [6.45, 7) is 8.56. The summed E-state index contributed by atoms with van der Waals surface area (Å²) in [6.07, 6.45) is -0.348. The normalized spacial score (nSPS) is 19.6. The number of ketones is 1. The first-order chi connectivity index (χ1) is 16.5. The third-order valence-corrected chi connectivity index (χ3v) is 9.76. The number of carbonyl (C=O) groups excluding carboxylic acids is 1. The molecule has 1 fully saturated rings. The first kappa shape index (κ1) is 27.3. The first-order valence-electron chi connectivity index (χ1n) is 11.6. The molecule has 2 unspecified atom stereocenters. The quantitative estimate of drug-likeness (QED) is 0.477. The van der Waals surface area contributed by atoms with Crippen LogP contribution in [-0.4, -0.2) is 76.2 Å². The Labute approximate surface area is 208 Å². The molecule has 0 amide bonds. The number of hydrogen-bond acceptors (Lipinski definition) is 7. The average Bonchev–Trinajstić information content (AvgIpc) is 2.83. The molecule has 0 aliphatic carbocycles. The molecule has 2 aromatic rings. The fourth-order valence-electron chi connectivity index (χ4n) is 4.03. The number of benzene rings is 2. The Hall–Kier alpha value is -2.31. The summed E-state index contributed by atoms with van der Waals surface area (Å²) >= 11 is 0. The van der Waals surface area contributed by atoms with Gasteiger partial charge in [-0.2, -0.15) is 8.61 Å². The molecule has 1 saturated heterocycles. The molecule has 11 heteroatoms. The van der Waals surface area contributed by atoms with Crippen LogP contribution in [0.4, 0.5) is 5.69 Å². The molecule has 2 aromatic carbocycles. The van der Waals surface area contributed by atoms with Crippen LogP contribution in [0.15, 0.2) is 58.3 Å². The van der Waals surface area contributed by atoms with Gasteiger partial charge in [0.25, 0.3) is 0 Å². The number of rotatable bonds is 10. The van der Waals surface area contributed by atoms with Crippen molar-refractivity contribution in [1.29, 1.82) is 0 Å². The van der Waals surface area contributed by atoms with E-state index in [0.717, 1.165) is 0 Å². The molecule has 0 aromatic heterocycles. The van der Waals surface area contributed by atoms with E-state index in [9.17, 15) is 21.6 Å². The van der Waals surface area contributed by atoms with Crippen LogP contribution in [0.2, 0.25) is 0 Å². The van der Waals surface area contributed by atoms with E-state index in [2.05, 4.69) is 5.32 Å². The lowest BCUT2D eigenvalue weighted by Crippen LogP contribution is -2.48. The van der Waals surface area contributed by atoms with Gasteiger partial charge in [-0.15, -0.1) is 0 Å². The van der Waals surface area contributed by atoms with Crippen molar-refractivity contribution in [2.75, 3.05) is 38.0 Å². The van der Waals surface area contributed by atoms with Gasteiger partial charge in [0, 0.05) is 37.4 Å². The van der Waals surface area contributed by atoms with Crippen molar-refractivity contribution >= 4 is 31.5 Å². The van der Waals surface area contributed by atoms with Crippen LogP contribution in [0.1, 0.15) is 38.1 Å². The maximum Gasteiger partial charge on any atom is 0.243 e. The molecule has 0 saturated carbocycles. The van der Waals surface area contributed by atoms with Crippen LogP contribution >= 0.6 is 0 Å². The molecule has 0 spiro atoms. The average molecular weight is 524 g/mol. The first-order valence-corrected chi connectivity index (χ1v) is 14.5. The van der Waals surface area contributed by atoms with Crippen molar-refractivity contribution in [1.82, 2.24) is 8.61 Å². The number of sulfonamides is 2. The predicted molar refractivity (Wildman–Crippen MR) is 135 cm³/mol. The largest absolute Gasteiger partial charge is 0.378 e. The maximum absolute atomic E-state index is 13.0. The molecular formula is C24H33N3O6S2. The van der Waals surface area contributed by atoms with Gasteiger partial charge in [0.05, 0.1) is 28.5 Å². The Balaban J connectivity index is 1.63. The molecule has 0 bridgehead atoms. The van der Waals surface area contributed by atoms with Gasteiger partial charge in [-0.3, -0.25) is 4.79 Å². The molecule has 1 heterocycles. The van der Waals surface area contributed by atoms with Gasteiger partial charge in [0.2, 0.25) is 20.0 Å². The highest BCUT2D eigenvalue weighted by Gasteiger charge is 2.32. The van der Waals surface area contributed by atoms with Crippen molar-refractivity contribution in [2.24, 2.45) is 0 Å². The van der Waals surface area contributed by atoms with E-state index in [1.165, 1.54) is 45.0 Å². The molecule has 0 radical (unpaired) electrons. The third-order valence-electron chi connectivity index (χ3n) is 5.85. The van der Waals surface area contributed by atoms with Crippen molar-refractivity contribution in [3.05, 3.63) is 54.1 Å². The zero-order chi connectivity index (χ0) is 25.8. The van der Waals surface area contributed by atoms with Crippen LogP contribution in [0.25, 0.3) is 0 Å². The highest BCUT2D eigenvalue weighted by Crippen LogP contribution is 2.23. The summed E-state index contributed by atoms with van der Waals surface area (Å²) in [7, 11) is -7.22. The summed E-state index contributed by atoms with van der Waals surface area (Å²) in [5.41, 5.74) is 0.979. The SMILES string of the molecule is CCN(CC)S(=O)(=O)c1ccc(C(=O)CNc2ccc(S(=O)(=O)N3CC(C)OC(C)C3)cc2)cc1. The molecule has 35 heavy (non-hydrogen) atoms. The van der Waals surface area contributed by atoms with Gasteiger partial charge >= 0.3 is 0 Å². The maximum atomic E-state index is 13.0. The Morgan fingerprint density at radius 3 is 1.94 bits per heavy atom. The second-order valence-corrected chi connectivity index (χ2v) is 12.4. The zero-order valence-corrected chi connectivity index (χ0v) is 22.1. The van der Waals surface area contributed by atoms with Gasteiger partial charge < -0.3 is 10.1 Å². The van der Waals surface area contributed by atoms with E-state index < -0.39 is 20.0 Å². The Kier molecular flexibility index (Phi) is 8.71. The molecule has 192 valence electrons. The molecule has 9 nitrogen and oxygen atoms in total. The van der Waals surface area contributed by atoms with E-state index in [0.29, 0.717) is 37.4 Å². The van der Waals surface area contributed by atoms with Crippen LogP contribution in [-0.2, 0) is 24.8 Å². The lowest BCUT2D eigenvalue weighted by Gasteiger charge is -2.34. The lowest BCUT2D eigenvalue weighted by atomic mass is 10.1. The number of hydrogen-bond donors (Lipinski definition) is 1. The second kappa shape index (κ2) is 11.2. The highest BCUT2D eigenvalue weighted by atomic mass is 32.2. The van der Waals surface area contributed by atoms with E-state index in [4.69, 9.17) is 4.74 Å². The molecule has 1 aliphatic heterocycles. The molecule has 3 rings (SSSR count). The van der Waals surface area contributed by atoms with Crippen LogP contribution in [0, 0.1) is 0 Å². The smallest absolute Gasteiger partial charge is 0.243 e. The van der Waals surface area contributed by atoms with E-state index in [1.807, 2.05) is 13.8 Å². The Morgan fingerprint density at radius 2 is 1.43 bits per heavy atom. The fraction of sp³-hybridized carbons (Fsp3) is 0.458. The van der Waals surface area contributed by atoms with Crippen LogP contribution in [0.5, 0.6) is 0 Å². The molecular weight excluding hydrogens is 490 g/mol. The number of morpholine rings is 1. The van der Waals surface area contributed by atoms with Gasteiger partial charge in [-0.1, -0.05) is 13.8 Å².